The van der Waals surface area contributed by atoms with Crippen molar-refractivity contribution in [2.45, 2.75) is 32.0 Å². The van der Waals surface area contributed by atoms with Gasteiger partial charge in [-0.2, -0.15) is 0 Å². The first-order valence-electron chi connectivity index (χ1n) is 10.0. The molecule has 1 aliphatic carbocycles. The molecule has 0 aromatic carbocycles. The van der Waals surface area contributed by atoms with Crippen molar-refractivity contribution in [3.8, 4) is 0 Å². The highest BCUT2D eigenvalue weighted by atomic mass is 19.1. The largest absolute Gasteiger partial charge is 0.381 e. The molecular formula is C20H20FN7O2. The maximum Gasteiger partial charge on any atom is 0.259 e. The zero-order valence-corrected chi connectivity index (χ0v) is 16.2. The number of nitrogens with zero attached hydrogens (tertiary/aromatic N) is 5. The lowest BCUT2D eigenvalue weighted by atomic mass is 10.0. The molecule has 2 aliphatic heterocycles. The first kappa shape index (κ1) is 17.4. The number of anilines is 2. The van der Waals surface area contributed by atoms with E-state index >= 15 is 0 Å². The zero-order valence-electron chi connectivity index (χ0n) is 16.2. The number of nitrogens with one attached hydrogen (secondary N) is 1. The van der Waals surface area contributed by atoms with Crippen molar-refractivity contribution in [1.82, 2.24) is 24.5 Å². The Kier molecular flexibility index (Phi) is 3.37. The van der Waals surface area contributed by atoms with E-state index in [4.69, 9.17) is 5.73 Å². The van der Waals surface area contributed by atoms with Crippen molar-refractivity contribution < 1.29 is 9.18 Å². The van der Waals surface area contributed by atoms with Crippen LogP contribution in [0.2, 0.25) is 0 Å². The molecule has 4 unspecified atom stereocenters. The molecule has 9 nitrogen and oxygen atoms in total. The number of hydrogen-bond donors (Lipinski definition) is 2. The molecule has 30 heavy (non-hydrogen) atoms. The number of piperidine rings is 1. The van der Waals surface area contributed by atoms with E-state index in [0.29, 0.717) is 28.9 Å². The van der Waals surface area contributed by atoms with Gasteiger partial charge in [0.2, 0.25) is 0 Å². The number of amides is 1. The molecule has 1 saturated heterocycles. The number of carbonyl (C=O) groups is 1. The molecule has 2 fully saturated rings. The van der Waals surface area contributed by atoms with Gasteiger partial charge in [-0.3, -0.25) is 9.59 Å². The van der Waals surface area contributed by atoms with Gasteiger partial charge in [-0.15, -0.1) is 5.10 Å². The third-order valence-corrected chi connectivity index (χ3v) is 6.42. The average Bonchev–Trinajstić information content (AvgIpc) is 3.22. The highest BCUT2D eigenvalue weighted by Gasteiger charge is 2.54. The highest BCUT2D eigenvalue weighted by molar-refractivity contribution is 6.04. The Hall–Kier alpha value is -3.43. The van der Waals surface area contributed by atoms with Crippen molar-refractivity contribution in [3.63, 3.8) is 0 Å². The Morgan fingerprint density at radius 1 is 1.30 bits per heavy atom. The highest BCUT2D eigenvalue weighted by Crippen LogP contribution is 2.56. The molecule has 0 spiro atoms. The predicted molar refractivity (Wildman–Crippen MR) is 107 cm³/mol. The molecule has 4 bridgehead atoms. The molecule has 0 radical (unpaired) electrons. The normalized spacial score (nSPS) is 27.1. The van der Waals surface area contributed by atoms with E-state index in [0.717, 1.165) is 13.0 Å². The smallest absolute Gasteiger partial charge is 0.259 e. The summed E-state index contributed by atoms with van der Waals surface area (Å²) in [5, 5.41) is 7.04. The van der Waals surface area contributed by atoms with Crippen LogP contribution in [0.3, 0.4) is 0 Å². The van der Waals surface area contributed by atoms with E-state index in [-0.39, 0.29) is 29.5 Å². The number of rotatable bonds is 0. The van der Waals surface area contributed by atoms with Crippen molar-refractivity contribution in [1.29, 1.82) is 0 Å². The minimum atomic E-state index is -0.466. The number of fused-ring (bicyclic) bond motifs is 8. The number of pyridine rings is 1. The second kappa shape index (κ2) is 5.80. The van der Waals surface area contributed by atoms with Crippen LogP contribution < -0.4 is 21.5 Å². The van der Waals surface area contributed by atoms with Crippen LogP contribution in [0.5, 0.6) is 0 Å². The van der Waals surface area contributed by atoms with Crippen LogP contribution >= 0.6 is 0 Å². The van der Waals surface area contributed by atoms with E-state index in [1.807, 2.05) is 4.90 Å². The molecule has 5 heterocycles. The summed E-state index contributed by atoms with van der Waals surface area (Å²) >= 11 is 0. The van der Waals surface area contributed by atoms with Gasteiger partial charge in [-0.1, -0.05) is 0 Å². The number of carbonyl (C=O) groups excluding carboxylic acids is 1. The van der Waals surface area contributed by atoms with Crippen LogP contribution in [0, 0.1) is 17.7 Å². The van der Waals surface area contributed by atoms with Crippen LogP contribution in [0.1, 0.15) is 35.3 Å². The summed E-state index contributed by atoms with van der Waals surface area (Å²) in [5.41, 5.74) is 6.79. The maximum atomic E-state index is 14.5. The van der Waals surface area contributed by atoms with Gasteiger partial charge in [0.25, 0.3) is 11.5 Å². The minimum Gasteiger partial charge on any atom is -0.381 e. The molecule has 3 aliphatic rings. The van der Waals surface area contributed by atoms with Crippen LogP contribution in [0.15, 0.2) is 29.3 Å². The summed E-state index contributed by atoms with van der Waals surface area (Å²) in [6.45, 7) is 2.63. The van der Waals surface area contributed by atoms with Gasteiger partial charge in [0.05, 0.1) is 6.04 Å². The Bertz CT molecular complexity index is 1280. The Morgan fingerprint density at radius 2 is 2.13 bits per heavy atom. The standard InChI is InChI=1S/C20H20FN7O2/c1-9-6-26-8-11(21)5-13(20(26)30)16-12-4-10(12)7-27(16)14-2-3-28-18(24-14)15(17(22)25-28)19(29)23-9/h2-3,5,8-10,12,16H,4,6-7H2,1H3,(H2,22,25)(H,23,29). The number of halogens is 1. The van der Waals surface area contributed by atoms with E-state index in [2.05, 4.69) is 15.4 Å². The summed E-state index contributed by atoms with van der Waals surface area (Å²) in [5.74, 6) is 0.562. The number of hydrogen-bond acceptors (Lipinski definition) is 6. The van der Waals surface area contributed by atoms with Crippen molar-refractivity contribution in [2.75, 3.05) is 17.2 Å². The van der Waals surface area contributed by atoms with Gasteiger partial charge in [0.1, 0.15) is 17.2 Å². The molecule has 1 saturated carbocycles. The lowest BCUT2D eigenvalue weighted by Crippen LogP contribution is -2.40. The minimum absolute atomic E-state index is 0.0869. The zero-order chi connectivity index (χ0) is 20.7. The summed E-state index contributed by atoms with van der Waals surface area (Å²) in [7, 11) is 0. The number of aromatic nitrogens is 4. The molecule has 10 heteroatoms. The topological polar surface area (TPSA) is 111 Å². The molecule has 3 aromatic rings. The fourth-order valence-electron chi connectivity index (χ4n) is 5.02. The summed E-state index contributed by atoms with van der Waals surface area (Å²) in [4.78, 5) is 32.9. The predicted octanol–water partition coefficient (Wildman–Crippen LogP) is 0.942. The summed E-state index contributed by atoms with van der Waals surface area (Å²) in [6.07, 6.45) is 3.92. The average molecular weight is 409 g/mol. The molecule has 1 amide bonds. The Morgan fingerprint density at radius 3 is 2.97 bits per heavy atom. The van der Waals surface area contributed by atoms with Gasteiger partial charge in [-0.25, -0.2) is 13.9 Å². The second-order valence-electron chi connectivity index (χ2n) is 8.52. The van der Waals surface area contributed by atoms with Crippen LogP contribution in [-0.4, -0.2) is 37.7 Å². The van der Waals surface area contributed by atoms with E-state index in [1.165, 1.54) is 21.3 Å². The molecule has 3 N–H and O–H groups in total. The third-order valence-electron chi connectivity index (χ3n) is 6.42. The van der Waals surface area contributed by atoms with Gasteiger partial charge in [0.15, 0.2) is 11.5 Å². The van der Waals surface area contributed by atoms with Crippen LogP contribution in [0.25, 0.3) is 5.65 Å². The number of nitrogen functional groups attached to an aromatic ring is 1. The second-order valence-corrected chi connectivity index (χ2v) is 8.52. The van der Waals surface area contributed by atoms with Crippen molar-refractivity contribution >= 4 is 23.2 Å². The van der Waals surface area contributed by atoms with Crippen LogP contribution in [0.4, 0.5) is 16.0 Å². The molecule has 154 valence electrons. The SMILES string of the molecule is CC1Cn2cc(F)cc(c2=O)C2C3CC3CN2c2ccn3nc(N)c(c3n2)C(=O)N1. The monoisotopic (exact) mass is 409 g/mol. The molecule has 6 rings (SSSR count). The van der Waals surface area contributed by atoms with Gasteiger partial charge in [-0.05, 0) is 37.3 Å². The third kappa shape index (κ3) is 2.39. The maximum absolute atomic E-state index is 14.5. The van der Waals surface area contributed by atoms with E-state index in [9.17, 15) is 14.0 Å². The lowest BCUT2D eigenvalue weighted by Gasteiger charge is -2.29. The van der Waals surface area contributed by atoms with Crippen molar-refractivity contribution in [2.24, 2.45) is 11.8 Å². The van der Waals surface area contributed by atoms with Gasteiger partial charge < -0.3 is 20.5 Å². The first-order chi connectivity index (χ1) is 14.4. The van der Waals surface area contributed by atoms with Crippen LogP contribution in [-0.2, 0) is 6.54 Å². The Balaban J connectivity index is 1.61. The quantitative estimate of drug-likeness (QED) is 0.572. The lowest BCUT2D eigenvalue weighted by molar-refractivity contribution is 0.0939. The first-order valence-corrected chi connectivity index (χ1v) is 10.0. The van der Waals surface area contributed by atoms with Crippen molar-refractivity contribution in [3.05, 3.63) is 51.8 Å². The van der Waals surface area contributed by atoms with Gasteiger partial charge >= 0.3 is 0 Å². The molecular weight excluding hydrogens is 389 g/mol. The fourth-order valence-corrected chi connectivity index (χ4v) is 5.02. The summed E-state index contributed by atoms with van der Waals surface area (Å²) < 4.78 is 17.3. The van der Waals surface area contributed by atoms with Gasteiger partial charge in [0, 0.05) is 37.1 Å². The van der Waals surface area contributed by atoms with E-state index in [1.54, 1.807) is 19.2 Å². The fraction of sp³-hybridized carbons (Fsp3) is 0.400. The molecule has 3 aromatic heterocycles. The Labute approximate surface area is 170 Å². The number of nitrogens with two attached hydrogens (primary N) is 1. The molecule has 4 atom stereocenters. The van der Waals surface area contributed by atoms with E-state index < -0.39 is 17.8 Å². The summed E-state index contributed by atoms with van der Waals surface area (Å²) in [6, 6.07) is 2.46.